The molecule has 2 amide bonds. The smallest absolute Gasteiger partial charge is 0.308 e. The Kier molecular flexibility index (Phi) is 5.05. The molecule has 1 aromatic heterocycles. The standard InChI is InChI=1S/C15H20N4O3S/c1-11(2)23(21,22)10-12-4-6-13(7-5-12)17-15(20)18-14-8-16-19(3)9-14/h4-9,11H,10H2,1-3H3,(H2,17,18,20). The van der Waals surface area contributed by atoms with Crippen LogP contribution in [0.5, 0.6) is 0 Å². The first-order valence-electron chi connectivity index (χ1n) is 7.13. The third kappa shape index (κ3) is 4.82. The lowest BCUT2D eigenvalue weighted by atomic mass is 10.2. The molecule has 7 nitrogen and oxygen atoms in total. The summed E-state index contributed by atoms with van der Waals surface area (Å²) in [6.07, 6.45) is 3.22. The van der Waals surface area contributed by atoms with Gasteiger partial charge >= 0.3 is 6.03 Å². The van der Waals surface area contributed by atoms with Gasteiger partial charge in [-0.1, -0.05) is 12.1 Å². The predicted molar refractivity (Wildman–Crippen MR) is 90.1 cm³/mol. The van der Waals surface area contributed by atoms with E-state index in [9.17, 15) is 13.2 Å². The molecule has 0 saturated heterocycles. The molecule has 0 aliphatic heterocycles. The summed E-state index contributed by atoms with van der Waals surface area (Å²) >= 11 is 0. The Bertz CT molecular complexity index is 779. The lowest BCUT2D eigenvalue weighted by molar-refractivity contribution is 0.262. The van der Waals surface area contributed by atoms with E-state index in [-0.39, 0.29) is 11.8 Å². The first-order chi connectivity index (χ1) is 10.8. The van der Waals surface area contributed by atoms with Crippen molar-refractivity contribution in [1.82, 2.24) is 9.78 Å². The van der Waals surface area contributed by atoms with Crippen LogP contribution < -0.4 is 10.6 Å². The van der Waals surface area contributed by atoms with Crippen molar-refractivity contribution in [3.63, 3.8) is 0 Å². The normalized spacial score (nSPS) is 11.5. The summed E-state index contributed by atoms with van der Waals surface area (Å²) < 4.78 is 25.3. The second-order valence-electron chi connectivity index (χ2n) is 5.53. The Balaban J connectivity index is 1.96. The number of nitrogens with one attached hydrogen (secondary N) is 2. The van der Waals surface area contributed by atoms with E-state index < -0.39 is 15.1 Å². The average Bonchev–Trinajstić information content (AvgIpc) is 2.85. The number of hydrogen-bond acceptors (Lipinski definition) is 4. The number of hydrogen-bond donors (Lipinski definition) is 2. The molecule has 0 atom stereocenters. The fourth-order valence-corrected chi connectivity index (χ4v) is 2.85. The fraction of sp³-hybridized carbons (Fsp3) is 0.333. The molecule has 0 aliphatic carbocycles. The zero-order chi connectivity index (χ0) is 17.0. The molecule has 23 heavy (non-hydrogen) atoms. The van der Waals surface area contributed by atoms with Crippen molar-refractivity contribution < 1.29 is 13.2 Å². The zero-order valence-corrected chi connectivity index (χ0v) is 14.1. The van der Waals surface area contributed by atoms with E-state index in [1.54, 1.807) is 62.2 Å². The highest BCUT2D eigenvalue weighted by Crippen LogP contribution is 2.15. The summed E-state index contributed by atoms with van der Waals surface area (Å²) in [5.41, 5.74) is 1.86. The van der Waals surface area contributed by atoms with Crippen LogP contribution in [0.25, 0.3) is 0 Å². The Morgan fingerprint density at radius 3 is 2.30 bits per heavy atom. The molecule has 0 saturated carbocycles. The minimum atomic E-state index is -3.13. The molecule has 1 heterocycles. The van der Waals surface area contributed by atoms with E-state index in [0.717, 1.165) is 0 Å². The van der Waals surface area contributed by atoms with Gasteiger partial charge in [0.25, 0.3) is 0 Å². The third-order valence-corrected chi connectivity index (χ3v) is 5.43. The summed E-state index contributed by atoms with van der Waals surface area (Å²) in [4.78, 5) is 11.8. The first-order valence-corrected chi connectivity index (χ1v) is 8.85. The van der Waals surface area contributed by atoms with Gasteiger partial charge in [0.15, 0.2) is 9.84 Å². The molecule has 124 valence electrons. The Morgan fingerprint density at radius 1 is 1.17 bits per heavy atom. The summed E-state index contributed by atoms with van der Waals surface area (Å²) in [6, 6.07) is 6.35. The van der Waals surface area contributed by atoms with Crippen molar-refractivity contribution in [3.8, 4) is 0 Å². The summed E-state index contributed by atoms with van der Waals surface area (Å²) in [5, 5.41) is 8.87. The Morgan fingerprint density at radius 2 is 1.78 bits per heavy atom. The molecule has 2 aromatic rings. The number of nitrogens with zero attached hydrogens (tertiary/aromatic N) is 2. The van der Waals surface area contributed by atoms with Gasteiger partial charge in [-0.05, 0) is 31.5 Å². The van der Waals surface area contributed by atoms with Crippen molar-refractivity contribution in [1.29, 1.82) is 0 Å². The number of aryl methyl sites for hydroxylation is 1. The lowest BCUT2D eigenvalue weighted by Crippen LogP contribution is -2.19. The SMILES string of the molecule is CC(C)S(=O)(=O)Cc1ccc(NC(=O)Nc2cnn(C)c2)cc1. The number of carbonyl (C=O) groups excluding carboxylic acids is 1. The molecule has 0 aliphatic rings. The molecular weight excluding hydrogens is 316 g/mol. The maximum Gasteiger partial charge on any atom is 0.323 e. The molecule has 0 unspecified atom stereocenters. The van der Waals surface area contributed by atoms with E-state index in [4.69, 9.17) is 0 Å². The maximum absolute atomic E-state index is 11.9. The summed E-state index contributed by atoms with van der Waals surface area (Å²) in [5.74, 6) is -0.00712. The van der Waals surface area contributed by atoms with Crippen LogP contribution in [0.3, 0.4) is 0 Å². The van der Waals surface area contributed by atoms with Gasteiger partial charge in [0.05, 0.1) is 22.9 Å². The van der Waals surface area contributed by atoms with Crippen LogP contribution in [0, 0.1) is 0 Å². The van der Waals surface area contributed by atoms with E-state index in [1.807, 2.05) is 0 Å². The average molecular weight is 336 g/mol. The molecule has 2 N–H and O–H groups in total. The van der Waals surface area contributed by atoms with Crippen LogP contribution in [0.2, 0.25) is 0 Å². The summed E-state index contributed by atoms with van der Waals surface area (Å²) in [7, 11) is -1.38. The minimum Gasteiger partial charge on any atom is -0.308 e. The van der Waals surface area contributed by atoms with Crippen LogP contribution in [0.4, 0.5) is 16.2 Å². The molecule has 0 bridgehead atoms. The highest BCUT2D eigenvalue weighted by Gasteiger charge is 2.16. The van der Waals surface area contributed by atoms with Crippen molar-refractivity contribution in [2.75, 3.05) is 10.6 Å². The zero-order valence-electron chi connectivity index (χ0n) is 13.3. The highest BCUT2D eigenvalue weighted by molar-refractivity contribution is 7.91. The number of anilines is 2. The number of urea groups is 1. The quantitative estimate of drug-likeness (QED) is 0.877. The van der Waals surface area contributed by atoms with Gasteiger partial charge in [0.2, 0.25) is 0 Å². The van der Waals surface area contributed by atoms with Crippen LogP contribution >= 0.6 is 0 Å². The number of rotatable bonds is 5. The molecule has 0 spiro atoms. The van der Waals surface area contributed by atoms with Gasteiger partial charge < -0.3 is 10.6 Å². The number of aromatic nitrogens is 2. The van der Waals surface area contributed by atoms with Gasteiger partial charge in [0, 0.05) is 18.9 Å². The monoisotopic (exact) mass is 336 g/mol. The number of amides is 2. The summed E-state index contributed by atoms with van der Waals surface area (Å²) in [6.45, 7) is 3.32. The van der Waals surface area contributed by atoms with Crippen molar-refractivity contribution in [3.05, 3.63) is 42.2 Å². The molecule has 8 heteroatoms. The van der Waals surface area contributed by atoms with Gasteiger partial charge in [0.1, 0.15) is 0 Å². The van der Waals surface area contributed by atoms with E-state index >= 15 is 0 Å². The predicted octanol–water partition coefficient (Wildman–Crippen LogP) is 2.39. The van der Waals surface area contributed by atoms with E-state index in [1.165, 1.54) is 0 Å². The van der Waals surface area contributed by atoms with E-state index in [2.05, 4.69) is 15.7 Å². The van der Waals surface area contributed by atoms with Crippen molar-refractivity contribution >= 4 is 27.2 Å². The van der Waals surface area contributed by atoms with Gasteiger partial charge in [-0.3, -0.25) is 4.68 Å². The lowest BCUT2D eigenvalue weighted by Gasteiger charge is -2.09. The molecule has 1 aromatic carbocycles. The topological polar surface area (TPSA) is 93.1 Å². The minimum absolute atomic E-state index is 0.00712. The largest absolute Gasteiger partial charge is 0.323 e. The number of sulfone groups is 1. The molecule has 0 fully saturated rings. The maximum atomic E-state index is 11.9. The highest BCUT2D eigenvalue weighted by atomic mass is 32.2. The molecule has 2 rings (SSSR count). The first kappa shape index (κ1) is 17.0. The number of benzene rings is 1. The second-order valence-corrected chi connectivity index (χ2v) is 8.09. The Labute approximate surface area is 135 Å². The van der Waals surface area contributed by atoms with Crippen molar-refractivity contribution in [2.24, 2.45) is 7.05 Å². The fourth-order valence-electron chi connectivity index (χ4n) is 1.86. The van der Waals surface area contributed by atoms with Gasteiger partial charge in [-0.15, -0.1) is 0 Å². The van der Waals surface area contributed by atoms with Crippen molar-refractivity contribution in [2.45, 2.75) is 24.9 Å². The Hall–Kier alpha value is -2.35. The van der Waals surface area contributed by atoms with Gasteiger partial charge in [-0.2, -0.15) is 5.10 Å². The molecular formula is C15H20N4O3S. The number of carbonyl (C=O) groups is 1. The second kappa shape index (κ2) is 6.82. The van der Waals surface area contributed by atoms with Crippen LogP contribution in [0.15, 0.2) is 36.7 Å². The van der Waals surface area contributed by atoms with Crippen LogP contribution in [0.1, 0.15) is 19.4 Å². The molecule has 0 radical (unpaired) electrons. The third-order valence-electron chi connectivity index (χ3n) is 3.26. The van der Waals surface area contributed by atoms with E-state index in [0.29, 0.717) is 16.9 Å². The van der Waals surface area contributed by atoms with Gasteiger partial charge in [-0.25, -0.2) is 13.2 Å². The van der Waals surface area contributed by atoms with Crippen LogP contribution in [-0.2, 0) is 22.6 Å². The van der Waals surface area contributed by atoms with Crippen LogP contribution in [-0.4, -0.2) is 29.5 Å².